The van der Waals surface area contributed by atoms with E-state index in [0.717, 1.165) is 44.9 Å². The van der Waals surface area contributed by atoms with Crippen molar-refractivity contribution in [3.63, 3.8) is 0 Å². The summed E-state index contributed by atoms with van der Waals surface area (Å²) in [6, 6.07) is 0. The molecule has 0 aromatic carbocycles. The Bertz CT molecular complexity index is 893. The lowest BCUT2D eigenvalue weighted by Gasteiger charge is -2.59. The lowest BCUT2D eigenvalue weighted by molar-refractivity contribution is -0.200. The van der Waals surface area contributed by atoms with Crippen LogP contribution in [0.25, 0.3) is 0 Å². The van der Waals surface area contributed by atoms with Gasteiger partial charge < -0.3 is 24.4 Å². The van der Waals surface area contributed by atoms with Gasteiger partial charge in [-0.05, 0) is 94.5 Å². The highest BCUT2D eigenvalue weighted by molar-refractivity contribution is 5.96. The van der Waals surface area contributed by atoms with Gasteiger partial charge in [0.05, 0.1) is 31.0 Å². The molecule has 0 aromatic rings. The first-order valence-corrected chi connectivity index (χ1v) is 13.2. The fourth-order valence-electron chi connectivity index (χ4n) is 8.63. The summed E-state index contributed by atoms with van der Waals surface area (Å²) in [5.41, 5.74) is 0.416. The molecular weight excluding hydrogens is 432 g/mol. The Morgan fingerprint density at radius 3 is 2.59 bits per heavy atom. The third-order valence-corrected chi connectivity index (χ3v) is 10.7. The molecular formula is C28H42O6. The van der Waals surface area contributed by atoms with Gasteiger partial charge in [-0.3, -0.25) is 4.79 Å². The van der Waals surface area contributed by atoms with Crippen LogP contribution < -0.4 is 0 Å². The first kappa shape index (κ1) is 24.5. The minimum Gasteiger partial charge on any atom is -0.493 e. The van der Waals surface area contributed by atoms with Gasteiger partial charge in [-0.1, -0.05) is 25.5 Å². The van der Waals surface area contributed by atoms with Gasteiger partial charge in [-0.25, -0.2) is 0 Å². The highest BCUT2D eigenvalue weighted by Crippen LogP contribution is 2.67. The molecule has 5 rings (SSSR count). The molecule has 3 fully saturated rings. The van der Waals surface area contributed by atoms with Crippen LogP contribution in [0.15, 0.2) is 23.5 Å². The highest BCUT2D eigenvalue weighted by atomic mass is 16.7. The Labute approximate surface area is 203 Å². The molecule has 0 amide bonds. The second-order valence-electron chi connectivity index (χ2n) is 12.1. The monoisotopic (exact) mass is 474 g/mol. The lowest BCUT2D eigenvalue weighted by atomic mass is 9.46. The van der Waals surface area contributed by atoms with Crippen molar-refractivity contribution in [1.29, 1.82) is 0 Å². The Hall–Kier alpha value is -1.21. The van der Waals surface area contributed by atoms with Gasteiger partial charge in [0, 0.05) is 5.41 Å². The van der Waals surface area contributed by atoms with Crippen molar-refractivity contribution in [1.82, 2.24) is 0 Å². The van der Waals surface area contributed by atoms with E-state index in [0.29, 0.717) is 29.9 Å². The van der Waals surface area contributed by atoms with Crippen molar-refractivity contribution in [3.8, 4) is 0 Å². The molecule has 0 radical (unpaired) electrons. The predicted octanol–water partition coefficient (Wildman–Crippen LogP) is 4.29. The van der Waals surface area contributed by atoms with Gasteiger partial charge in [-0.2, -0.15) is 0 Å². The Kier molecular flexibility index (Phi) is 6.07. The molecule has 3 saturated carbocycles. The first-order chi connectivity index (χ1) is 16.0. The van der Waals surface area contributed by atoms with Crippen molar-refractivity contribution in [3.05, 3.63) is 23.5 Å². The third-order valence-electron chi connectivity index (χ3n) is 10.7. The number of allylic oxidation sites excluding steroid dienone is 1. The average Bonchev–Trinajstić information content (AvgIpc) is 3.08. The van der Waals surface area contributed by atoms with Crippen LogP contribution in [0.4, 0.5) is 0 Å². The summed E-state index contributed by atoms with van der Waals surface area (Å²) in [5.74, 6) is 1.69. The number of carbonyl (C=O) groups excluding carboxylic acids is 1. The Balaban J connectivity index is 1.32. The zero-order valence-corrected chi connectivity index (χ0v) is 21.4. The van der Waals surface area contributed by atoms with Crippen LogP contribution in [0.2, 0.25) is 0 Å². The minimum atomic E-state index is -0.974. The number of carbonyl (C=O) groups is 1. The van der Waals surface area contributed by atoms with E-state index in [1.165, 1.54) is 12.7 Å². The maximum Gasteiger partial charge on any atom is 0.252 e. The number of rotatable bonds is 4. The van der Waals surface area contributed by atoms with E-state index in [2.05, 4.69) is 19.9 Å². The van der Waals surface area contributed by atoms with Crippen LogP contribution in [-0.4, -0.2) is 53.3 Å². The summed E-state index contributed by atoms with van der Waals surface area (Å²) >= 11 is 0. The topological polar surface area (TPSA) is 85.2 Å². The van der Waals surface area contributed by atoms with Crippen molar-refractivity contribution >= 4 is 5.78 Å². The summed E-state index contributed by atoms with van der Waals surface area (Å²) in [4.78, 5) is 12.6. The number of hydrogen-bond acceptors (Lipinski definition) is 6. The number of methoxy groups -OCH3 is 1. The zero-order valence-electron chi connectivity index (χ0n) is 21.4. The molecule has 0 bridgehead atoms. The number of ether oxygens (including phenoxy) is 3. The number of aliphatic hydroxyl groups excluding tert-OH is 1. The fraction of sp³-hybridized carbons (Fsp3) is 0.821. The summed E-state index contributed by atoms with van der Waals surface area (Å²) < 4.78 is 17.2. The summed E-state index contributed by atoms with van der Waals surface area (Å²) in [6.07, 6.45) is 9.87. The SMILES string of the molecule is COC1=CC(C)OC(OC2CC[C@@]3(C)C(=CC[C@@H]4[C@@H]3CC[C@@]3(C)[C@H]4CC[C@]3(O)C(C)O)C2)C1=O. The van der Waals surface area contributed by atoms with Crippen LogP contribution in [0.5, 0.6) is 0 Å². The molecule has 1 heterocycles. The normalized spacial score (nSPS) is 49.3. The molecule has 5 aliphatic rings. The number of hydrogen-bond donors (Lipinski definition) is 2. The second kappa shape index (κ2) is 8.43. The van der Waals surface area contributed by atoms with Crippen LogP contribution in [0.1, 0.15) is 79.1 Å². The lowest BCUT2D eigenvalue weighted by Crippen LogP contribution is -2.58. The highest BCUT2D eigenvalue weighted by Gasteiger charge is 2.65. The smallest absolute Gasteiger partial charge is 0.252 e. The molecule has 190 valence electrons. The van der Waals surface area contributed by atoms with E-state index in [1.807, 2.05) is 6.92 Å². The van der Waals surface area contributed by atoms with E-state index >= 15 is 0 Å². The Morgan fingerprint density at radius 2 is 1.88 bits per heavy atom. The van der Waals surface area contributed by atoms with Crippen LogP contribution in [0.3, 0.4) is 0 Å². The van der Waals surface area contributed by atoms with Crippen LogP contribution >= 0.6 is 0 Å². The molecule has 2 N–H and O–H groups in total. The summed E-state index contributed by atoms with van der Waals surface area (Å²) in [6.45, 7) is 8.31. The van der Waals surface area contributed by atoms with Crippen molar-refractivity contribution in [2.75, 3.05) is 7.11 Å². The van der Waals surface area contributed by atoms with Gasteiger partial charge in [0.2, 0.25) is 6.29 Å². The number of fused-ring (bicyclic) bond motifs is 5. The van der Waals surface area contributed by atoms with Gasteiger partial charge in [0.25, 0.3) is 5.78 Å². The molecule has 0 saturated heterocycles. The predicted molar refractivity (Wildman–Crippen MR) is 128 cm³/mol. The largest absolute Gasteiger partial charge is 0.493 e. The maximum absolute atomic E-state index is 12.6. The molecule has 34 heavy (non-hydrogen) atoms. The van der Waals surface area contributed by atoms with E-state index in [4.69, 9.17) is 14.2 Å². The average molecular weight is 475 g/mol. The Morgan fingerprint density at radius 1 is 1.15 bits per heavy atom. The third kappa shape index (κ3) is 3.47. The van der Waals surface area contributed by atoms with Crippen molar-refractivity contribution < 1.29 is 29.2 Å². The molecule has 4 unspecified atom stereocenters. The first-order valence-electron chi connectivity index (χ1n) is 13.2. The maximum atomic E-state index is 12.6. The van der Waals surface area contributed by atoms with E-state index in [-0.39, 0.29) is 28.8 Å². The standard InChI is InChI=1S/C28H42O6/c1-16-14-23(32-5)24(30)25(33-16)34-19-8-11-26(3)18(15-19)6-7-20-21(26)9-12-27(4)22(20)10-13-28(27,31)17(2)29/h6,14,16-17,19-22,25,29,31H,7-13,15H2,1-5H3/t16?,17?,19?,20-,21+,22+,25?,26+,27+,28+/m1/s1. The van der Waals surface area contributed by atoms with E-state index in [9.17, 15) is 15.0 Å². The molecule has 0 spiro atoms. The fourth-order valence-corrected chi connectivity index (χ4v) is 8.63. The van der Waals surface area contributed by atoms with Crippen LogP contribution in [0, 0.1) is 28.6 Å². The zero-order chi connectivity index (χ0) is 24.5. The molecule has 0 aromatic heterocycles. The molecule has 10 atom stereocenters. The van der Waals surface area contributed by atoms with E-state index < -0.39 is 18.0 Å². The van der Waals surface area contributed by atoms with Gasteiger partial charge >= 0.3 is 0 Å². The molecule has 6 heteroatoms. The summed E-state index contributed by atoms with van der Waals surface area (Å²) in [5, 5.41) is 21.9. The number of ketones is 1. The van der Waals surface area contributed by atoms with Gasteiger partial charge in [0.15, 0.2) is 5.76 Å². The van der Waals surface area contributed by atoms with E-state index in [1.54, 1.807) is 13.0 Å². The molecule has 6 nitrogen and oxygen atoms in total. The quantitative estimate of drug-likeness (QED) is 0.591. The molecule has 4 aliphatic carbocycles. The molecule has 1 aliphatic heterocycles. The van der Waals surface area contributed by atoms with Crippen LogP contribution in [-0.2, 0) is 19.0 Å². The van der Waals surface area contributed by atoms with Gasteiger partial charge in [-0.15, -0.1) is 0 Å². The van der Waals surface area contributed by atoms with Crippen molar-refractivity contribution in [2.24, 2.45) is 28.6 Å². The minimum absolute atomic E-state index is 0.0334. The van der Waals surface area contributed by atoms with Gasteiger partial charge in [0.1, 0.15) is 0 Å². The summed E-state index contributed by atoms with van der Waals surface area (Å²) in [7, 11) is 1.51. The number of aliphatic hydroxyl groups is 2. The van der Waals surface area contributed by atoms with Crippen molar-refractivity contribution in [2.45, 2.75) is 109 Å². The second-order valence-corrected chi connectivity index (χ2v) is 12.1. The number of Topliss-reactive ketones (excluding diaryl/α,β-unsaturated/α-hetero) is 1.